The van der Waals surface area contributed by atoms with Gasteiger partial charge < -0.3 is 14.0 Å². The molecule has 0 aliphatic carbocycles. The summed E-state index contributed by atoms with van der Waals surface area (Å²) in [6, 6.07) is 7.60. The summed E-state index contributed by atoms with van der Waals surface area (Å²) in [5.41, 5.74) is 2.24. The van der Waals surface area contributed by atoms with Gasteiger partial charge in [0.2, 0.25) is 0 Å². The number of thiophene rings is 1. The summed E-state index contributed by atoms with van der Waals surface area (Å²) < 4.78 is 13.2. The van der Waals surface area contributed by atoms with E-state index in [9.17, 15) is 9.59 Å². The molecular weight excluding hydrogens is 418 g/mol. The van der Waals surface area contributed by atoms with Gasteiger partial charge in [0.05, 0.1) is 22.2 Å². The number of fused-ring (bicyclic) bond motifs is 1. The lowest BCUT2D eigenvalue weighted by molar-refractivity contribution is -0.131. The molecule has 2 aromatic heterocycles. The van der Waals surface area contributed by atoms with Crippen LogP contribution in [-0.2, 0) is 23.0 Å². The molecule has 0 atom stereocenters. The number of esters is 2. The third-order valence-electron chi connectivity index (χ3n) is 4.03. The SMILES string of the molecule is CCOC(=O)c1c(Cc2cccs2)n(C)c2cc(Br)c(OC(C)=O)cc12. The molecule has 0 aliphatic rings. The zero-order chi connectivity index (χ0) is 18.8. The first-order chi connectivity index (χ1) is 12.4. The first-order valence-corrected chi connectivity index (χ1v) is 9.78. The van der Waals surface area contributed by atoms with Crippen LogP contribution in [0.4, 0.5) is 0 Å². The number of ether oxygens (including phenoxy) is 2. The van der Waals surface area contributed by atoms with Crippen LogP contribution < -0.4 is 4.74 Å². The van der Waals surface area contributed by atoms with E-state index in [1.54, 1.807) is 24.3 Å². The van der Waals surface area contributed by atoms with Gasteiger partial charge in [-0.15, -0.1) is 11.3 Å². The van der Waals surface area contributed by atoms with E-state index in [1.807, 2.05) is 35.2 Å². The van der Waals surface area contributed by atoms with Crippen molar-refractivity contribution in [2.24, 2.45) is 7.05 Å². The van der Waals surface area contributed by atoms with Crippen molar-refractivity contribution in [3.8, 4) is 5.75 Å². The highest BCUT2D eigenvalue weighted by molar-refractivity contribution is 9.10. The molecule has 0 saturated heterocycles. The maximum absolute atomic E-state index is 12.7. The number of hydrogen-bond acceptors (Lipinski definition) is 5. The van der Waals surface area contributed by atoms with Gasteiger partial charge in [-0.05, 0) is 46.4 Å². The van der Waals surface area contributed by atoms with E-state index in [4.69, 9.17) is 9.47 Å². The second kappa shape index (κ2) is 7.63. The molecule has 3 rings (SSSR count). The Bertz CT molecular complexity index is 975. The van der Waals surface area contributed by atoms with Gasteiger partial charge in [0.15, 0.2) is 0 Å². The fourth-order valence-electron chi connectivity index (χ4n) is 2.94. The van der Waals surface area contributed by atoms with Crippen LogP contribution in [0.15, 0.2) is 34.1 Å². The molecule has 1 aromatic carbocycles. The highest BCUT2D eigenvalue weighted by Gasteiger charge is 2.24. The predicted octanol–water partition coefficient (Wildman–Crippen LogP) is 4.70. The standard InChI is InChI=1S/C19H18BrNO4S/c1-4-24-19(23)18-13-9-17(25-11(2)22)14(20)10-15(13)21(3)16(18)8-12-6-5-7-26-12/h5-7,9-10H,4,8H2,1-3H3. The van der Waals surface area contributed by atoms with E-state index in [-0.39, 0.29) is 5.97 Å². The molecule has 136 valence electrons. The van der Waals surface area contributed by atoms with Crippen molar-refractivity contribution in [1.29, 1.82) is 0 Å². The van der Waals surface area contributed by atoms with E-state index >= 15 is 0 Å². The largest absolute Gasteiger partial charge is 0.462 e. The van der Waals surface area contributed by atoms with Crippen LogP contribution in [0.5, 0.6) is 5.75 Å². The molecular formula is C19H18BrNO4S. The zero-order valence-corrected chi connectivity index (χ0v) is 17.1. The van der Waals surface area contributed by atoms with Gasteiger partial charge in [-0.1, -0.05) is 6.07 Å². The van der Waals surface area contributed by atoms with Crippen LogP contribution in [0.2, 0.25) is 0 Å². The number of halogens is 1. The van der Waals surface area contributed by atoms with Gasteiger partial charge >= 0.3 is 11.9 Å². The van der Waals surface area contributed by atoms with Crippen LogP contribution in [0.3, 0.4) is 0 Å². The predicted molar refractivity (Wildman–Crippen MR) is 105 cm³/mol. The Morgan fingerprint density at radius 2 is 2.08 bits per heavy atom. The normalized spacial score (nSPS) is 10.9. The lowest BCUT2D eigenvalue weighted by Crippen LogP contribution is -2.09. The van der Waals surface area contributed by atoms with Crippen LogP contribution in [0.25, 0.3) is 10.9 Å². The minimum Gasteiger partial charge on any atom is -0.462 e. The maximum atomic E-state index is 12.7. The number of carbonyl (C=O) groups is 2. The topological polar surface area (TPSA) is 57.5 Å². The van der Waals surface area contributed by atoms with E-state index in [0.717, 1.165) is 16.1 Å². The van der Waals surface area contributed by atoms with Gasteiger partial charge in [-0.2, -0.15) is 0 Å². The first-order valence-electron chi connectivity index (χ1n) is 8.11. The molecule has 0 amide bonds. The van der Waals surface area contributed by atoms with E-state index < -0.39 is 5.97 Å². The van der Waals surface area contributed by atoms with Crippen molar-refractivity contribution >= 4 is 50.1 Å². The lowest BCUT2D eigenvalue weighted by Gasteiger charge is -2.06. The van der Waals surface area contributed by atoms with E-state index in [0.29, 0.717) is 34.2 Å². The van der Waals surface area contributed by atoms with Crippen molar-refractivity contribution in [2.75, 3.05) is 6.61 Å². The number of rotatable bonds is 5. The van der Waals surface area contributed by atoms with Crippen molar-refractivity contribution in [2.45, 2.75) is 20.3 Å². The Kier molecular flexibility index (Phi) is 5.48. The third-order valence-corrected chi connectivity index (χ3v) is 5.53. The molecule has 7 heteroatoms. The summed E-state index contributed by atoms with van der Waals surface area (Å²) in [4.78, 5) is 25.2. The molecule has 0 bridgehead atoms. The second-order valence-electron chi connectivity index (χ2n) is 5.75. The molecule has 5 nitrogen and oxygen atoms in total. The van der Waals surface area contributed by atoms with Crippen LogP contribution in [-0.4, -0.2) is 23.1 Å². The minimum absolute atomic E-state index is 0.293. The molecule has 0 saturated carbocycles. The zero-order valence-electron chi connectivity index (χ0n) is 14.7. The van der Waals surface area contributed by atoms with E-state index in [1.165, 1.54) is 6.92 Å². The van der Waals surface area contributed by atoms with Crippen molar-refractivity contribution in [1.82, 2.24) is 4.57 Å². The maximum Gasteiger partial charge on any atom is 0.340 e. The van der Waals surface area contributed by atoms with Gasteiger partial charge in [-0.25, -0.2) is 4.79 Å². The Labute approximate surface area is 163 Å². The van der Waals surface area contributed by atoms with Crippen molar-refractivity contribution in [3.05, 3.63) is 50.3 Å². The number of carbonyl (C=O) groups excluding carboxylic acids is 2. The van der Waals surface area contributed by atoms with Crippen LogP contribution >= 0.6 is 27.3 Å². The number of aryl methyl sites for hydroxylation is 1. The first kappa shape index (κ1) is 18.7. The van der Waals surface area contributed by atoms with Crippen LogP contribution in [0.1, 0.15) is 34.8 Å². The fraction of sp³-hybridized carbons (Fsp3) is 0.263. The number of aromatic nitrogens is 1. The molecule has 0 radical (unpaired) electrons. The Morgan fingerprint density at radius 3 is 2.69 bits per heavy atom. The molecule has 3 aromatic rings. The van der Waals surface area contributed by atoms with Crippen molar-refractivity contribution in [3.63, 3.8) is 0 Å². The lowest BCUT2D eigenvalue weighted by atomic mass is 10.1. The summed E-state index contributed by atoms with van der Waals surface area (Å²) in [5.74, 6) is -0.415. The Morgan fingerprint density at radius 1 is 1.31 bits per heavy atom. The van der Waals surface area contributed by atoms with Gasteiger partial charge in [-0.3, -0.25) is 4.79 Å². The average molecular weight is 436 g/mol. The summed E-state index contributed by atoms with van der Waals surface area (Å²) in [7, 11) is 1.92. The highest BCUT2D eigenvalue weighted by atomic mass is 79.9. The molecule has 0 N–H and O–H groups in total. The van der Waals surface area contributed by atoms with Crippen LogP contribution in [0, 0.1) is 0 Å². The molecule has 2 heterocycles. The Balaban J connectivity index is 2.23. The third kappa shape index (κ3) is 3.54. The van der Waals surface area contributed by atoms with Gasteiger partial charge in [0.25, 0.3) is 0 Å². The second-order valence-corrected chi connectivity index (χ2v) is 7.64. The monoisotopic (exact) mass is 435 g/mol. The molecule has 0 aliphatic heterocycles. The van der Waals surface area contributed by atoms with Gasteiger partial charge in [0.1, 0.15) is 5.75 Å². The van der Waals surface area contributed by atoms with Gasteiger partial charge in [0, 0.05) is 36.3 Å². The fourth-order valence-corrected chi connectivity index (χ4v) is 4.06. The highest BCUT2D eigenvalue weighted by Crippen LogP contribution is 2.36. The average Bonchev–Trinajstić information content (AvgIpc) is 3.17. The quantitative estimate of drug-likeness (QED) is 0.430. The Hall–Kier alpha value is -2.12. The molecule has 26 heavy (non-hydrogen) atoms. The smallest absolute Gasteiger partial charge is 0.340 e. The van der Waals surface area contributed by atoms with E-state index in [2.05, 4.69) is 15.9 Å². The van der Waals surface area contributed by atoms with Crippen molar-refractivity contribution < 1.29 is 19.1 Å². The minimum atomic E-state index is -0.419. The summed E-state index contributed by atoms with van der Waals surface area (Å²) in [6.07, 6.45) is 0.623. The summed E-state index contributed by atoms with van der Waals surface area (Å²) >= 11 is 5.08. The number of hydrogen-bond donors (Lipinski definition) is 0. The number of benzene rings is 1. The molecule has 0 spiro atoms. The molecule has 0 unspecified atom stereocenters. The molecule has 0 fully saturated rings. The summed E-state index contributed by atoms with van der Waals surface area (Å²) in [6.45, 7) is 3.42. The summed E-state index contributed by atoms with van der Waals surface area (Å²) in [5, 5.41) is 2.72. The number of nitrogens with zero attached hydrogens (tertiary/aromatic N) is 1.